The predicted molar refractivity (Wildman–Crippen MR) is 103 cm³/mol. The maximum Gasteiger partial charge on any atom is 0.227 e. The summed E-state index contributed by atoms with van der Waals surface area (Å²) in [4.78, 5) is 14.1. The molecule has 2 heterocycles. The zero-order valence-corrected chi connectivity index (χ0v) is 15.6. The summed E-state index contributed by atoms with van der Waals surface area (Å²) >= 11 is 0. The van der Waals surface area contributed by atoms with E-state index in [4.69, 9.17) is 15.7 Å². The van der Waals surface area contributed by atoms with E-state index in [0.717, 1.165) is 62.1 Å². The van der Waals surface area contributed by atoms with Crippen LogP contribution in [0.2, 0.25) is 0 Å². The van der Waals surface area contributed by atoms with Gasteiger partial charge in [0.2, 0.25) is 5.95 Å². The summed E-state index contributed by atoms with van der Waals surface area (Å²) in [5.41, 5.74) is 7.77. The second-order valence-corrected chi connectivity index (χ2v) is 7.16. The molecule has 0 spiro atoms. The molecular weight excluding hydrogens is 314 g/mol. The number of hydrogen-bond donors (Lipinski definition) is 3. The molecule has 1 unspecified atom stereocenters. The smallest absolute Gasteiger partial charge is 0.227 e. The third-order valence-corrected chi connectivity index (χ3v) is 5.13. The van der Waals surface area contributed by atoms with Crippen molar-refractivity contribution in [2.24, 2.45) is 5.73 Å². The fourth-order valence-corrected chi connectivity index (χ4v) is 3.31. The summed E-state index contributed by atoms with van der Waals surface area (Å²) < 4.78 is 2.15. The summed E-state index contributed by atoms with van der Waals surface area (Å²) in [6.45, 7) is 7.39. The Morgan fingerprint density at radius 2 is 2.00 bits per heavy atom. The monoisotopic (exact) mass is 345 g/mol. The Morgan fingerprint density at radius 3 is 2.68 bits per heavy atom. The number of anilines is 2. The first-order valence-corrected chi connectivity index (χ1v) is 9.62. The minimum absolute atomic E-state index is 0.343. The maximum atomic E-state index is 6.02. The van der Waals surface area contributed by atoms with Crippen molar-refractivity contribution < 1.29 is 0 Å². The van der Waals surface area contributed by atoms with Gasteiger partial charge >= 0.3 is 0 Å². The SMILES string of the molecule is CCCNc1nc(NC2CCC(N)CC2)nc2c1ncn2C(C)CC. The molecule has 4 N–H and O–H groups in total. The predicted octanol–water partition coefficient (Wildman–Crippen LogP) is 3.30. The Labute approximate surface area is 149 Å². The molecule has 1 atom stereocenters. The Bertz CT molecular complexity index is 688. The van der Waals surface area contributed by atoms with Gasteiger partial charge in [-0.3, -0.25) is 0 Å². The molecule has 138 valence electrons. The van der Waals surface area contributed by atoms with Crippen molar-refractivity contribution in [2.45, 2.75) is 77.4 Å². The van der Waals surface area contributed by atoms with E-state index < -0.39 is 0 Å². The second-order valence-electron chi connectivity index (χ2n) is 7.16. The molecule has 0 saturated heterocycles. The second kappa shape index (κ2) is 7.99. The highest BCUT2D eigenvalue weighted by atomic mass is 15.2. The van der Waals surface area contributed by atoms with Gasteiger partial charge in [0.05, 0.1) is 6.33 Å². The molecule has 0 amide bonds. The van der Waals surface area contributed by atoms with Crippen molar-refractivity contribution in [2.75, 3.05) is 17.2 Å². The standard InChI is InChI=1S/C18H31N7/c1-4-10-20-16-15-17(25(11-21-15)12(3)5-2)24-18(23-16)22-14-8-6-13(19)7-9-14/h11-14H,4-10,19H2,1-3H3,(H2,20,22,23,24). The zero-order valence-electron chi connectivity index (χ0n) is 15.6. The van der Waals surface area contributed by atoms with Crippen LogP contribution >= 0.6 is 0 Å². The summed E-state index contributed by atoms with van der Waals surface area (Å²) in [5.74, 6) is 1.51. The molecule has 1 fully saturated rings. The van der Waals surface area contributed by atoms with Crippen LogP contribution in [0.1, 0.15) is 65.3 Å². The molecule has 3 rings (SSSR count). The van der Waals surface area contributed by atoms with Crippen LogP contribution in [0, 0.1) is 0 Å². The molecule has 1 aliphatic rings. The molecule has 25 heavy (non-hydrogen) atoms. The Hall–Kier alpha value is -1.89. The van der Waals surface area contributed by atoms with Crippen LogP contribution in [0.5, 0.6) is 0 Å². The Kier molecular flexibility index (Phi) is 5.73. The number of aromatic nitrogens is 4. The van der Waals surface area contributed by atoms with Crippen LogP contribution < -0.4 is 16.4 Å². The normalized spacial score (nSPS) is 22.1. The highest BCUT2D eigenvalue weighted by Crippen LogP contribution is 2.26. The minimum atomic E-state index is 0.343. The number of rotatable bonds is 7. The molecule has 0 aromatic carbocycles. The van der Waals surface area contributed by atoms with E-state index in [1.807, 2.05) is 6.33 Å². The molecule has 7 heteroatoms. The third kappa shape index (κ3) is 4.03. The van der Waals surface area contributed by atoms with E-state index in [0.29, 0.717) is 24.1 Å². The first-order chi connectivity index (χ1) is 12.1. The number of fused-ring (bicyclic) bond motifs is 1. The average Bonchev–Trinajstić information content (AvgIpc) is 3.05. The van der Waals surface area contributed by atoms with Crippen LogP contribution in [0.4, 0.5) is 11.8 Å². The van der Waals surface area contributed by atoms with Gasteiger partial charge in [-0.25, -0.2) is 4.98 Å². The van der Waals surface area contributed by atoms with E-state index in [-0.39, 0.29) is 0 Å². The van der Waals surface area contributed by atoms with Crippen LogP contribution in [-0.2, 0) is 0 Å². The number of imidazole rings is 1. The van der Waals surface area contributed by atoms with Crippen LogP contribution in [0.3, 0.4) is 0 Å². The van der Waals surface area contributed by atoms with Crippen LogP contribution in [0.15, 0.2) is 6.33 Å². The van der Waals surface area contributed by atoms with Gasteiger partial charge in [-0.2, -0.15) is 9.97 Å². The summed E-state index contributed by atoms with van der Waals surface area (Å²) in [7, 11) is 0. The number of nitrogens with two attached hydrogens (primary N) is 1. The molecular formula is C18H31N7. The van der Waals surface area contributed by atoms with Crippen molar-refractivity contribution in [3.05, 3.63) is 6.33 Å². The van der Waals surface area contributed by atoms with E-state index in [9.17, 15) is 0 Å². The highest BCUT2D eigenvalue weighted by Gasteiger charge is 2.21. The quantitative estimate of drug-likeness (QED) is 0.713. The minimum Gasteiger partial charge on any atom is -0.368 e. The first kappa shape index (κ1) is 17.9. The average molecular weight is 345 g/mol. The van der Waals surface area contributed by atoms with Gasteiger partial charge in [0.1, 0.15) is 0 Å². The number of nitrogens with zero attached hydrogens (tertiary/aromatic N) is 4. The molecule has 2 aromatic heterocycles. The molecule has 0 bridgehead atoms. The van der Waals surface area contributed by atoms with Gasteiger partial charge in [0.15, 0.2) is 17.0 Å². The van der Waals surface area contributed by atoms with E-state index in [1.54, 1.807) is 0 Å². The molecule has 1 aliphatic carbocycles. The topological polar surface area (TPSA) is 93.7 Å². The van der Waals surface area contributed by atoms with Crippen molar-refractivity contribution in [1.29, 1.82) is 0 Å². The van der Waals surface area contributed by atoms with Crippen LogP contribution in [0.25, 0.3) is 11.2 Å². The summed E-state index contributed by atoms with van der Waals surface area (Å²) in [6, 6.07) is 1.10. The van der Waals surface area contributed by atoms with Gasteiger partial charge in [0, 0.05) is 24.7 Å². The highest BCUT2D eigenvalue weighted by molar-refractivity contribution is 5.84. The Balaban J connectivity index is 1.91. The van der Waals surface area contributed by atoms with Crippen molar-refractivity contribution >= 4 is 22.9 Å². The summed E-state index contributed by atoms with van der Waals surface area (Å²) in [6.07, 6.45) is 8.23. The third-order valence-electron chi connectivity index (χ3n) is 5.13. The molecule has 1 saturated carbocycles. The van der Waals surface area contributed by atoms with Crippen molar-refractivity contribution in [1.82, 2.24) is 19.5 Å². The van der Waals surface area contributed by atoms with Gasteiger partial charge in [-0.1, -0.05) is 13.8 Å². The van der Waals surface area contributed by atoms with Gasteiger partial charge in [-0.05, 0) is 45.4 Å². The van der Waals surface area contributed by atoms with Crippen molar-refractivity contribution in [3.8, 4) is 0 Å². The van der Waals surface area contributed by atoms with Crippen molar-refractivity contribution in [3.63, 3.8) is 0 Å². The molecule has 7 nitrogen and oxygen atoms in total. The van der Waals surface area contributed by atoms with E-state index >= 15 is 0 Å². The van der Waals surface area contributed by atoms with E-state index in [2.05, 4.69) is 41.0 Å². The summed E-state index contributed by atoms with van der Waals surface area (Å²) in [5, 5.41) is 6.93. The lowest BCUT2D eigenvalue weighted by molar-refractivity contribution is 0.410. The largest absolute Gasteiger partial charge is 0.368 e. The Morgan fingerprint density at radius 1 is 1.24 bits per heavy atom. The first-order valence-electron chi connectivity index (χ1n) is 9.62. The molecule has 0 radical (unpaired) electrons. The molecule has 2 aromatic rings. The zero-order chi connectivity index (χ0) is 17.8. The van der Waals surface area contributed by atoms with Gasteiger partial charge in [0.25, 0.3) is 0 Å². The van der Waals surface area contributed by atoms with Gasteiger partial charge in [-0.15, -0.1) is 0 Å². The molecule has 0 aliphatic heterocycles. The van der Waals surface area contributed by atoms with E-state index in [1.165, 1.54) is 0 Å². The lowest BCUT2D eigenvalue weighted by Gasteiger charge is -2.27. The fourth-order valence-electron chi connectivity index (χ4n) is 3.31. The number of hydrogen-bond acceptors (Lipinski definition) is 6. The maximum absolute atomic E-state index is 6.02. The van der Waals surface area contributed by atoms with Crippen LogP contribution in [-0.4, -0.2) is 38.1 Å². The lowest BCUT2D eigenvalue weighted by Crippen LogP contribution is -2.33. The fraction of sp³-hybridized carbons (Fsp3) is 0.722. The van der Waals surface area contributed by atoms with Gasteiger partial charge < -0.3 is 20.9 Å². The number of nitrogens with one attached hydrogen (secondary N) is 2. The lowest BCUT2D eigenvalue weighted by atomic mass is 9.92.